The third-order valence-electron chi connectivity index (χ3n) is 3.38. The van der Waals surface area contributed by atoms with Gasteiger partial charge in [0.2, 0.25) is 0 Å². The average molecular weight is 324 g/mol. The molecule has 3 aromatic rings. The Hall–Kier alpha value is -2.66. The van der Waals surface area contributed by atoms with Gasteiger partial charge < -0.3 is 4.74 Å². The van der Waals surface area contributed by atoms with Crippen molar-refractivity contribution < 1.29 is 9.53 Å². The number of ether oxygens (including phenoxy) is 1. The van der Waals surface area contributed by atoms with E-state index in [1.165, 1.54) is 0 Å². The van der Waals surface area contributed by atoms with Gasteiger partial charge in [0.25, 0.3) is 5.91 Å². The van der Waals surface area contributed by atoms with Crippen LogP contribution >= 0.6 is 11.3 Å². The van der Waals surface area contributed by atoms with Crippen LogP contribution in [0.1, 0.15) is 10.4 Å². The van der Waals surface area contributed by atoms with Crippen LogP contribution in [0.3, 0.4) is 0 Å². The number of hydrogen-bond acceptors (Lipinski definition) is 4. The molecule has 116 valence electrons. The van der Waals surface area contributed by atoms with Gasteiger partial charge in [0.05, 0.1) is 6.21 Å². The normalized spacial score (nSPS) is 11.0. The van der Waals surface area contributed by atoms with E-state index in [0.29, 0.717) is 5.75 Å². The molecule has 23 heavy (non-hydrogen) atoms. The predicted octanol–water partition coefficient (Wildman–Crippen LogP) is 3.74. The van der Waals surface area contributed by atoms with Gasteiger partial charge >= 0.3 is 0 Å². The largest absolute Gasteiger partial charge is 0.483 e. The molecule has 1 amide bonds. The van der Waals surface area contributed by atoms with Crippen molar-refractivity contribution in [3.63, 3.8) is 0 Å². The molecule has 3 rings (SSSR count). The third kappa shape index (κ3) is 3.76. The molecule has 0 aliphatic rings. The Morgan fingerprint density at radius 1 is 1.22 bits per heavy atom. The fraction of sp³-hybridized carbons (Fsp3) is 0.111. The van der Waals surface area contributed by atoms with E-state index in [1.54, 1.807) is 17.6 Å². The van der Waals surface area contributed by atoms with E-state index in [1.807, 2.05) is 60.8 Å². The molecule has 0 aliphatic carbocycles. The summed E-state index contributed by atoms with van der Waals surface area (Å²) in [5.74, 6) is 0.403. The van der Waals surface area contributed by atoms with Crippen molar-refractivity contribution in [2.24, 2.45) is 5.10 Å². The van der Waals surface area contributed by atoms with Crippen molar-refractivity contribution >= 4 is 34.2 Å². The summed E-state index contributed by atoms with van der Waals surface area (Å²) >= 11 is 1.58. The molecule has 0 radical (unpaired) electrons. The van der Waals surface area contributed by atoms with Gasteiger partial charge in [0, 0.05) is 10.3 Å². The quantitative estimate of drug-likeness (QED) is 0.574. The van der Waals surface area contributed by atoms with E-state index in [0.717, 1.165) is 21.2 Å². The molecule has 1 N–H and O–H groups in total. The highest BCUT2D eigenvalue weighted by atomic mass is 32.1. The van der Waals surface area contributed by atoms with Gasteiger partial charge in [-0.05, 0) is 35.4 Å². The van der Waals surface area contributed by atoms with Crippen molar-refractivity contribution in [1.29, 1.82) is 0 Å². The molecule has 0 saturated heterocycles. The van der Waals surface area contributed by atoms with Crippen LogP contribution in [0.4, 0.5) is 0 Å². The minimum atomic E-state index is -0.289. The van der Waals surface area contributed by atoms with Crippen LogP contribution in [0.5, 0.6) is 5.75 Å². The summed E-state index contributed by atoms with van der Waals surface area (Å²) in [5, 5.41) is 8.01. The zero-order chi connectivity index (χ0) is 16.1. The molecule has 4 nitrogen and oxygen atoms in total. The highest BCUT2D eigenvalue weighted by Gasteiger charge is 2.05. The second-order valence-corrected chi connectivity index (χ2v) is 5.97. The van der Waals surface area contributed by atoms with Crippen LogP contribution in [-0.4, -0.2) is 18.7 Å². The number of nitrogens with zero attached hydrogens (tertiary/aromatic N) is 1. The molecule has 0 atom stereocenters. The van der Waals surface area contributed by atoms with Crippen LogP contribution < -0.4 is 10.2 Å². The van der Waals surface area contributed by atoms with Gasteiger partial charge in [-0.15, -0.1) is 11.3 Å². The maximum atomic E-state index is 11.8. The number of fused-ring (bicyclic) bond motifs is 1. The number of amides is 1. The molecule has 5 heteroatoms. The molecule has 1 heterocycles. The fourth-order valence-electron chi connectivity index (χ4n) is 2.18. The lowest BCUT2D eigenvalue weighted by molar-refractivity contribution is -0.123. The van der Waals surface area contributed by atoms with Gasteiger partial charge in [-0.25, -0.2) is 5.43 Å². The summed E-state index contributed by atoms with van der Waals surface area (Å²) < 4.78 is 5.61. The van der Waals surface area contributed by atoms with Crippen molar-refractivity contribution in [2.45, 2.75) is 6.92 Å². The summed E-state index contributed by atoms with van der Waals surface area (Å²) in [4.78, 5) is 12.8. The van der Waals surface area contributed by atoms with Crippen LogP contribution in [-0.2, 0) is 4.79 Å². The lowest BCUT2D eigenvalue weighted by Gasteiger charge is -2.08. The molecule has 0 bridgehead atoms. The molecular weight excluding hydrogens is 308 g/mol. The summed E-state index contributed by atoms with van der Waals surface area (Å²) in [6.07, 6.45) is 1.65. The number of carbonyl (C=O) groups excluding carboxylic acids is 1. The highest BCUT2D eigenvalue weighted by molar-refractivity contribution is 7.11. The number of thiophene rings is 1. The second-order valence-electron chi connectivity index (χ2n) is 5.03. The van der Waals surface area contributed by atoms with Crippen LogP contribution in [0.15, 0.2) is 59.0 Å². The Labute approximate surface area is 138 Å². The zero-order valence-electron chi connectivity index (χ0n) is 12.7. The first-order valence-electron chi connectivity index (χ1n) is 7.20. The van der Waals surface area contributed by atoms with E-state index in [2.05, 4.69) is 10.5 Å². The standard InChI is InChI=1S/C18H16N2O2S/c1-13-9-10-23-17(13)11-19-20-18(21)12-22-16-8-4-6-14-5-2-3-7-15(14)16/h2-11H,12H2,1H3,(H,20,21). The Bertz CT molecular complexity index is 850. The predicted molar refractivity (Wildman–Crippen MR) is 94.2 cm³/mol. The number of hydrazone groups is 1. The number of nitrogens with one attached hydrogen (secondary N) is 1. The van der Waals surface area contributed by atoms with E-state index in [-0.39, 0.29) is 12.5 Å². The van der Waals surface area contributed by atoms with Gasteiger partial charge in [-0.3, -0.25) is 4.79 Å². The Balaban J connectivity index is 1.58. The minimum Gasteiger partial charge on any atom is -0.483 e. The average Bonchev–Trinajstić information content (AvgIpc) is 2.98. The highest BCUT2D eigenvalue weighted by Crippen LogP contribution is 2.24. The van der Waals surface area contributed by atoms with Crippen molar-refractivity contribution in [1.82, 2.24) is 5.43 Å². The smallest absolute Gasteiger partial charge is 0.277 e. The first-order chi connectivity index (χ1) is 11.2. The van der Waals surface area contributed by atoms with Crippen LogP contribution in [0.25, 0.3) is 10.8 Å². The molecule has 0 fully saturated rings. The topological polar surface area (TPSA) is 50.7 Å². The second kappa shape index (κ2) is 7.07. The van der Waals surface area contributed by atoms with Gasteiger partial charge in [-0.2, -0.15) is 5.10 Å². The minimum absolute atomic E-state index is 0.0746. The Kier molecular flexibility index (Phi) is 4.68. The van der Waals surface area contributed by atoms with Crippen molar-refractivity contribution in [3.8, 4) is 5.75 Å². The number of rotatable bonds is 5. The SMILES string of the molecule is Cc1ccsc1C=NNC(=O)COc1cccc2ccccc12. The molecular formula is C18H16N2O2S. The fourth-order valence-corrected chi connectivity index (χ4v) is 2.96. The molecule has 0 saturated carbocycles. The Morgan fingerprint density at radius 2 is 2.04 bits per heavy atom. The number of hydrogen-bond donors (Lipinski definition) is 1. The van der Waals surface area contributed by atoms with Crippen molar-refractivity contribution in [3.05, 3.63) is 64.4 Å². The molecule has 0 spiro atoms. The summed E-state index contributed by atoms with van der Waals surface area (Å²) in [5.41, 5.74) is 3.62. The van der Waals surface area contributed by atoms with Crippen LogP contribution in [0.2, 0.25) is 0 Å². The number of benzene rings is 2. The summed E-state index contributed by atoms with van der Waals surface area (Å²) in [6.45, 7) is 1.93. The first kappa shape index (κ1) is 15.2. The molecule has 2 aromatic carbocycles. The third-order valence-corrected chi connectivity index (χ3v) is 4.33. The lowest BCUT2D eigenvalue weighted by Crippen LogP contribution is -2.24. The van der Waals surface area contributed by atoms with Gasteiger partial charge in [-0.1, -0.05) is 36.4 Å². The maximum absolute atomic E-state index is 11.8. The molecule has 0 unspecified atom stereocenters. The molecule has 0 aliphatic heterocycles. The summed E-state index contributed by atoms with van der Waals surface area (Å²) in [7, 11) is 0. The monoisotopic (exact) mass is 324 g/mol. The Morgan fingerprint density at radius 3 is 2.87 bits per heavy atom. The van der Waals surface area contributed by atoms with Gasteiger partial charge in [0.1, 0.15) is 5.75 Å². The molecule has 1 aromatic heterocycles. The first-order valence-corrected chi connectivity index (χ1v) is 8.08. The lowest BCUT2D eigenvalue weighted by atomic mass is 10.1. The van der Waals surface area contributed by atoms with E-state index < -0.39 is 0 Å². The van der Waals surface area contributed by atoms with Crippen LogP contribution in [0, 0.1) is 6.92 Å². The number of carbonyl (C=O) groups is 1. The zero-order valence-corrected chi connectivity index (χ0v) is 13.5. The maximum Gasteiger partial charge on any atom is 0.277 e. The van der Waals surface area contributed by atoms with Gasteiger partial charge in [0.15, 0.2) is 6.61 Å². The summed E-state index contributed by atoms with van der Waals surface area (Å²) in [6, 6.07) is 15.7. The number of aryl methyl sites for hydroxylation is 1. The van der Waals surface area contributed by atoms with E-state index >= 15 is 0 Å². The van der Waals surface area contributed by atoms with E-state index in [9.17, 15) is 4.79 Å². The van der Waals surface area contributed by atoms with Crippen molar-refractivity contribution in [2.75, 3.05) is 6.61 Å². The van der Waals surface area contributed by atoms with E-state index in [4.69, 9.17) is 4.74 Å².